The van der Waals surface area contributed by atoms with Gasteiger partial charge >= 0.3 is 0 Å². The van der Waals surface area contributed by atoms with Crippen LogP contribution in [-0.4, -0.2) is 56.2 Å². The minimum absolute atomic E-state index is 0. The number of rotatable bonds is 7. The molecule has 25 heavy (non-hydrogen) atoms. The van der Waals surface area contributed by atoms with Crippen molar-refractivity contribution in [2.24, 2.45) is 0 Å². The maximum absolute atomic E-state index is 14.2. The lowest BCUT2D eigenvalue weighted by atomic mass is 10.0. The highest BCUT2D eigenvalue weighted by atomic mass is 35.5. The van der Waals surface area contributed by atoms with Crippen LogP contribution >= 0.6 is 24.8 Å². The molecular formula is C17H28Cl2FN3O2. The van der Waals surface area contributed by atoms with Crippen LogP contribution in [0.2, 0.25) is 0 Å². The monoisotopic (exact) mass is 395 g/mol. The van der Waals surface area contributed by atoms with E-state index in [-0.39, 0.29) is 42.6 Å². The topological polar surface area (TPSA) is 53.6 Å². The third-order valence-corrected chi connectivity index (χ3v) is 3.99. The molecule has 0 aromatic heterocycles. The van der Waals surface area contributed by atoms with Gasteiger partial charge in [0.1, 0.15) is 11.9 Å². The molecule has 0 aliphatic carbocycles. The third kappa shape index (κ3) is 7.07. The van der Waals surface area contributed by atoms with Crippen LogP contribution in [0.15, 0.2) is 24.3 Å². The molecule has 1 aliphatic rings. The first-order valence-electron chi connectivity index (χ1n) is 8.20. The summed E-state index contributed by atoms with van der Waals surface area (Å²) in [6.07, 6.45) is 0. The molecule has 0 radical (unpaired) electrons. The van der Waals surface area contributed by atoms with E-state index >= 15 is 0 Å². The Morgan fingerprint density at radius 3 is 2.52 bits per heavy atom. The molecule has 1 unspecified atom stereocenters. The molecule has 1 heterocycles. The van der Waals surface area contributed by atoms with Crippen LogP contribution in [0.25, 0.3) is 0 Å². The average Bonchev–Trinajstić information content (AvgIpc) is 2.56. The summed E-state index contributed by atoms with van der Waals surface area (Å²) >= 11 is 0. The van der Waals surface area contributed by atoms with Crippen molar-refractivity contribution in [1.82, 2.24) is 15.5 Å². The average molecular weight is 396 g/mol. The fourth-order valence-corrected chi connectivity index (χ4v) is 2.81. The minimum atomic E-state index is -0.617. The molecule has 1 aliphatic heterocycles. The number of carbonyl (C=O) groups is 1. The van der Waals surface area contributed by atoms with E-state index in [2.05, 4.69) is 10.6 Å². The van der Waals surface area contributed by atoms with E-state index in [0.717, 1.165) is 6.54 Å². The number of morpholine rings is 1. The molecule has 1 amide bonds. The van der Waals surface area contributed by atoms with Gasteiger partial charge in [-0.05, 0) is 19.5 Å². The first-order valence-corrected chi connectivity index (χ1v) is 8.20. The van der Waals surface area contributed by atoms with Crippen molar-refractivity contribution in [3.8, 4) is 0 Å². The SMILES string of the molecule is CCN[C@H](C)CNC(=O)C(c1ccccc1F)N1CCOCC1.Cl.Cl. The van der Waals surface area contributed by atoms with Crippen molar-refractivity contribution in [3.63, 3.8) is 0 Å². The Hall–Kier alpha value is -0.920. The summed E-state index contributed by atoms with van der Waals surface area (Å²) in [6.45, 7) is 7.76. The van der Waals surface area contributed by atoms with Gasteiger partial charge in [-0.3, -0.25) is 9.69 Å². The molecule has 0 spiro atoms. The first kappa shape index (κ1) is 24.1. The predicted molar refractivity (Wildman–Crippen MR) is 102 cm³/mol. The number of halogens is 3. The van der Waals surface area contributed by atoms with Crippen molar-refractivity contribution in [1.29, 1.82) is 0 Å². The van der Waals surface area contributed by atoms with Crippen LogP contribution < -0.4 is 10.6 Å². The van der Waals surface area contributed by atoms with Gasteiger partial charge in [-0.1, -0.05) is 25.1 Å². The molecule has 1 fully saturated rings. The number of benzene rings is 1. The van der Waals surface area contributed by atoms with Crippen LogP contribution in [0.5, 0.6) is 0 Å². The normalized spacial score (nSPS) is 16.9. The molecular weight excluding hydrogens is 368 g/mol. The Morgan fingerprint density at radius 1 is 1.28 bits per heavy atom. The molecule has 8 heteroatoms. The smallest absolute Gasteiger partial charge is 0.242 e. The molecule has 1 saturated heterocycles. The summed E-state index contributed by atoms with van der Waals surface area (Å²) in [5, 5.41) is 6.19. The van der Waals surface area contributed by atoms with E-state index in [1.165, 1.54) is 6.07 Å². The Kier molecular flexibility index (Phi) is 12.0. The van der Waals surface area contributed by atoms with Crippen molar-refractivity contribution < 1.29 is 13.9 Å². The lowest BCUT2D eigenvalue weighted by Gasteiger charge is -2.34. The molecule has 1 aromatic carbocycles. The van der Waals surface area contributed by atoms with Crippen LogP contribution in [0.1, 0.15) is 25.5 Å². The van der Waals surface area contributed by atoms with Crippen LogP contribution in [0, 0.1) is 5.82 Å². The summed E-state index contributed by atoms with van der Waals surface area (Å²) in [5.41, 5.74) is 0.419. The number of nitrogens with one attached hydrogen (secondary N) is 2. The molecule has 144 valence electrons. The Bertz CT molecular complexity index is 516. The van der Waals surface area contributed by atoms with Gasteiger partial charge in [-0.2, -0.15) is 0 Å². The predicted octanol–water partition coefficient (Wildman–Crippen LogP) is 2.16. The molecule has 0 saturated carbocycles. The van der Waals surface area contributed by atoms with Crippen LogP contribution in [0.4, 0.5) is 4.39 Å². The van der Waals surface area contributed by atoms with Gasteiger partial charge in [0.2, 0.25) is 5.91 Å². The van der Waals surface area contributed by atoms with E-state index in [0.29, 0.717) is 38.4 Å². The van der Waals surface area contributed by atoms with Crippen molar-refractivity contribution >= 4 is 30.7 Å². The second-order valence-corrected chi connectivity index (χ2v) is 5.78. The second kappa shape index (κ2) is 12.4. The number of ether oxygens (including phenoxy) is 1. The zero-order valence-corrected chi connectivity index (χ0v) is 16.3. The zero-order chi connectivity index (χ0) is 16.7. The van der Waals surface area contributed by atoms with Crippen molar-refractivity contribution in [3.05, 3.63) is 35.6 Å². The highest BCUT2D eigenvalue weighted by Crippen LogP contribution is 2.24. The van der Waals surface area contributed by atoms with Gasteiger partial charge in [0.15, 0.2) is 0 Å². The van der Waals surface area contributed by atoms with Gasteiger partial charge in [0, 0.05) is 31.2 Å². The van der Waals surface area contributed by atoms with E-state index < -0.39 is 6.04 Å². The summed E-state index contributed by atoms with van der Waals surface area (Å²) < 4.78 is 19.6. The standard InChI is InChI=1S/C17H26FN3O2.2ClH/c1-3-19-13(2)12-20-17(22)16(21-8-10-23-11-9-21)14-6-4-5-7-15(14)18;;/h4-7,13,16,19H,3,8-12H2,1-2H3,(H,20,22);2*1H/t13-,16?;;/m1../s1. The van der Waals surface area contributed by atoms with Gasteiger partial charge in [-0.25, -0.2) is 4.39 Å². The van der Waals surface area contributed by atoms with E-state index in [9.17, 15) is 9.18 Å². The quantitative estimate of drug-likeness (QED) is 0.742. The van der Waals surface area contributed by atoms with E-state index in [1.54, 1.807) is 18.2 Å². The lowest BCUT2D eigenvalue weighted by Crippen LogP contribution is -2.48. The summed E-state index contributed by atoms with van der Waals surface area (Å²) in [5.74, 6) is -0.513. The number of nitrogens with zero attached hydrogens (tertiary/aromatic N) is 1. The third-order valence-electron chi connectivity index (χ3n) is 3.99. The second-order valence-electron chi connectivity index (χ2n) is 5.78. The highest BCUT2D eigenvalue weighted by molar-refractivity contribution is 5.85. The maximum Gasteiger partial charge on any atom is 0.242 e. The molecule has 0 bridgehead atoms. The molecule has 2 rings (SSSR count). The zero-order valence-electron chi connectivity index (χ0n) is 14.7. The van der Waals surface area contributed by atoms with Crippen LogP contribution in [0.3, 0.4) is 0 Å². The Morgan fingerprint density at radius 2 is 1.92 bits per heavy atom. The lowest BCUT2D eigenvalue weighted by molar-refractivity contribution is -0.128. The fourth-order valence-electron chi connectivity index (χ4n) is 2.81. The van der Waals surface area contributed by atoms with Crippen molar-refractivity contribution in [2.75, 3.05) is 39.4 Å². The van der Waals surface area contributed by atoms with Crippen molar-refractivity contribution in [2.45, 2.75) is 25.9 Å². The molecule has 2 N–H and O–H groups in total. The Balaban J connectivity index is 0.00000288. The van der Waals surface area contributed by atoms with Crippen LogP contribution in [-0.2, 0) is 9.53 Å². The highest BCUT2D eigenvalue weighted by Gasteiger charge is 2.30. The molecule has 1 aromatic rings. The Labute approximate surface area is 161 Å². The number of hydrogen-bond acceptors (Lipinski definition) is 4. The van der Waals surface area contributed by atoms with Gasteiger partial charge in [0.05, 0.1) is 13.2 Å². The number of likely N-dealkylation sites (N-methyl/N-ethyl adjacent to an activating group) is 1. The fraction of sp³-hybridized carbons (Fsp3) is 0.588. The largest absolute Gasteiger partial charge is 0.379 e. The van der Waals surface area contributed by atoms with Gasteiger partial charge in [-0.15, -0.1) is 24.8 Å². The molecule has 5 nitrogen and oxygen atoms in total. The summed E-state index contributed by atoms with van der Waals surface area (Å²) in [7, 11) is 0. The summed E-state index contributed by atoms with van der Waals surface area (Å²) in [6, 6.07) is 6.05. The maximum atomic E-state index is 14.2. The number of carbonyl (C=O) groups excluding carboxylic acids is 1. The minimum Gasteiger partial charge on any atom is -0.379 e. The van der Waals surface area contributed by atoms with Gasteiger partial charge in [0.25, 0.3) is 0 Å². The molecule has 2 atom stereocenters. The van der Waals surface area contributed by atoms with Gasteiger partial charge < -0.3 is 15.4 Å². The summed E-state index contributed by atoms with van der Waals surface area (Å²) in [4.78, 5) is 14.7. The van der Waals surface area contributed by atoms with E-state index in [1.807, 2.05) is 18.7 Å². The number of amides is 1. The van der Waals surface area contributed by atoms with E-state index in [4.69, 9.17) is 4.74 Å². The first-order chi connectivity index (χ1) is 11.1. The number of hydrogen-bond donors (Lipinski definition) is 2.